The molecule has 0 radical (unpaired) electrons. The first-order valence-electron chi connectivity index (χ1n) is 12.0. The van der Waals surface area contributed by atoms with Gasteiger partial charge in [0.25, 0.3) is 0 Å². The first-order chi connectivity index (χ1) is 17.1. The maximum atomic E-state index is 4.87. The van der Waals surface area contributed by atoms with Crippen LogP contribution in [0.3, 0.4) is 0 Å². The summed E-state index contributed by atoms with van der Waals surface area (Å²) in [5.41, 5.74) is 3.61. The van der Waals surface area contributed by atoms with Crippen molar-refractivity contribution in [2.45, 2.75) is 6.42 Å². The maximum Gasteiger partial charge on any atom is 0.229 e. The van der Waals surface area contributed by atoms with Gasteiger partial charge in [-0.25, -0.2) is 4.98 Å². The molecule has 1 aliphatic heterocycles. The largest absolute Gasteiger partial charge is 0.363 e. The van der Waals surface area contributed by atoms with Crippen molar-refractivity contribution in [3.8, 4) is 0 Å². The summed E-state index contributed by atoms with van der Waals surface area (Å²) in [5, 5.41) is 3.48. The molecule has 4 aromatic rings. The topological polar surface area (TPSA) is 60.4 Å². The molecule has 1 fully saturated rings. The van der Waals surface area contributed by atoms with Crippen LogP contribution >= 0.6 is 0 Å². The molecule has 0 unspecified atom stereocenters. The number of benzene rings is 2. The first-order valence-corrected chi connectivity index (χ1v) is 12.0. The van der Waals surface area contributed by atoms with Gasteiger partial charge in [-0.2, -0.15) is 9.97 Å². The third-order valence-corrected chi connectivity index (χ3v) is 6.17. The van der Waals surface area contributed by atoms with E-state index in [-0.39, 0.29) is 0 Å². The number of aromatic nitrogens is 3. The summed E-state index contributed by atoms with van der Waals surface area (Å²) in [5.74, 6) is 3.44. The summed E-state index contributed by atoms with van der Waals surface area (Å²) in [6.07, 6.45) is 2.77. The molecule has 1 aliphatic rings. The Balaban J connectivity index is 1.29. The highest BCUT2D eigenvalue weighted by atomic mass is 15.3. The lowest BCUT2D eigenvalue weighted by atomic mass is 10.0. The van der Waals surface area contributed by atoms with Crippen LogP contribution in [0.15, 0.2) is 85.1 Å². The molecular weight excluding hydrogens is 434 g/mol. The van der Waals surface area contributed by atoms with Crippen molar-refractivity contribution in [1.82, 2.24) is 15.0 Å². The van der Waals surface area contributed by atoms with Gasteiger partial charge in [0.1, 0.15) is 17.5 Å². The fourth-order valence-electron chi connectivity index (χ4n) is 4.22. The lowest BCUT2D eigenvalue weighted by molar-refractivity contribution is 0.635. The molecule has 7 heteroatoms. The van der Waals surface area contributed by atoms with E-state index in [0.717, 1.165) is 61.7 Å². The third-order valence-electron chi connectivity index (χ3n) is 6.17. The van der Waals surface area contributed by atoms with Gasteiger partial charge in [0, 0.05) is 58.2 Å². The smallest absolute Gasteiger partial charge is 0.229 e. The van der Waals surface area contributed by atoms with Crippen LogP contribution in [0.5, 0.6) is 0 Å². The van der Waals surface area contributed by atoms with Crippen molar-refractivity contribution in [3.05, 3.63) is 96.2 Å². The van der Waals surface area contributed by atoms with E-state index >= 15 is 0 Å². The minimum absolute atomic E-state index is 0.750. The van der Waals surface area contributed by atoms with Gasteiger partial charge in [-0.05, 0) is 41.8 Å². The fraction of sp³-hybridized carbons (Fsp3) is 0.250. The summed E-state index contributed by atoms with van der Waals surface area (Å²) in [7, 11) is 4.01. The number of nitrogens with one attached hydrogen (secondary N) is 1. The molecule has 3 heterocycles. The number of piperazine rings is 1. The van der Waals surface area contributed by atoms with Gasteiger partial charge in [-0.1, -0.05) is 48.5 Å². The molecule has 1 saturated heterocycles. The third kappa shape index (κ3) is 5.69. The summed E-state index contributed by atoms with van der Waals surface area (Å²) in [6, 6.07) is 27.1. The van der Waals surface area contributed by atoms with Crippen LogP contribution in [0.2, 0.25) is 0 Å². The Hall–Kier alpha value is -4.13. The maximum absolute atomic E-state index is 4.87. The molecule has 2 aromatic heterocycles. The molecule has 0 amide bonds. The van der Waals surface area contributed by atoms with Gasteiger partial charge in [-0.3, -0.25) is 0 Å². The summed E-state index contributed by atoms with van der Waals surface area (Å²) >= 11 is 0. The monoisotopic (exact) mass is 465 g/mol. The molecule has 0 aliphatic carbocycles. The van der Waals surface area contributed by atoms with Gasteiger partial charge < -0.3 is 20.0 Å². The van der Waals surface area contributed by atoms with E-state index in [1.54, 1.807) is 0 Å². The second-order valence-corrected chi connectivity index (χ2v) is 8.95. The molecule has 0 bridgehead atoms. The van der Waals surface area contributed by atoms with Crippen molar-refractivity contribution < 1.29 is 0 Å². The highest BCUT2D eigenvalue weighted by molar-refractivity contribution is 5.62. The number of hydrogen-bond donors (Lipinski definition) is 1. The Kier molecular flexibility index (Phi) is 6.75. The van der Waals surface area contributed by atoms with Crippen LogP contribution in [-0.4, -0.2) is 55.2 Å². The van der Waals surface area contributed by atoms with Crippen molar-refractivity contribution in [2.24, 2.45) is 0 Å². The molecule has 35 heavy (non-hydrogen) atoms. The Bertz CT molecular complexity index is 1220. The summed E-state index contributed by atoms with van der Waals surface area (Å²) in [4.78, 5) is 20.8. The number of rotatable bonds is 7. The van der Waals surface area contributed by atoms with Crippen LogP contribution in [0.25, 0.3) is 0 Å². The van der Waals surface area contributed by atoms with Crippen molar-refractivity contribution in [1.29, 1.82) is 0 Å². The van der Waals surface area contributed by atoms with E-state index < -0.39 is 0 Å². The van der Waals surface area contributed by atoms with Gasteiger partial charge in [-0.15, -0.1) is 0 Å². The molecule has 5 rings (SSSR count). The molecule has 7 nitrogen and oxygen atoms in total. The lowest BCUT2D eigenvalue weighted by Gasteiger charge is -2.35. The minimum Gasteiger partial charge on any atom is -0.363 e. The Morgan fingerprint density at radius 3 is 2.14 bits per heavy atom. The number of pyridine rings is 1. The zero-order chi connectivity index (χ0) is 24.0. The number of anilines is 5. The van der Waals surface area contributed by atoms with Crippen LogP contribution in [0, 0.1) is 0 Å². The zero-order valence-corrected chi connectivity index (χ0v) is 20.3. The van der Waals surface area contributed by atoms with Gasteiger partial charge >= 0.3 is 0 Å². The Morgan fingerprint density at radius 2 is 1.46 bits per heavy atom. The first kappa shape index (κ1) is 22.7. The van der Waals surface area contributed by atoms with Gasteiger partial charge in [0.15, 0.2) is 0 Å². The normalized spacial score (nSPS) is 13.5. The van der Waals surface area contributed by atoms with E-state index in [0.29, 0.717) is 0 Å². The molecule has 178 valence electrons. The van der Waals surface area contributed by atoms with Crippen LogP contribution in [0.4, 0.5) is 29.1 Å². The minimum atomic E-state index is 0.750. The SMILES string of the molecule is CN(C)c1cc(Nc2ccc(Cc3ccccc3)cc2)nc(N2CCN(c3ccccn3)CC2)n1. The van der Waals surface area contributed by atoms with E-state index in [2.05, 4.69) is 80.8 Å². The van der Waals surface area contributed by atoms with E-state index in [9.17, 15) is 0 Å². The van der Waals surface area contributed by atoms with Crippen molar-refractivity contribution in [2.75, 3.05) is 60.3 Å². The second-order valence-electron chi connectivity index (χ2n) is 8.95. The highest BCUT2D eigenvalue weighted by Gasteiger charge is 2.21. The summed E-state index contributed by atoms with van der Waals surface area (Å²) in [6.45, 7) is 3.47. The zero-order valence-electron chi connectivity index (χ0n) is 20.3. The standard InChI is InChI=1S/C28H31N7/c1-33(2)27-21-25(30-24-13-11-23(12-14-24)20-22-8-4-3-5-9-22)31-28(32-27)35-18-16-34(17-19-35)26-10-6-7-15-29-26/h3-15,21H,16-20H2,1-2H3,(H,30,31,32). The Morgan fingerprint density at radius 1 is 0.771 bits per heavy atom. The van der Waals surface area contributed by atoms with Crippen LogP contribution < -0.4 is 20.0 Å². The number of hydrogen-bond acceptors (Lipinski definition) is 7. The molecule has 2 aromatic carbocycles. The molecule has 0 spiro atoms. The van der Waals surface area contributed by atoms with E-state index in [1.165, 1.54) is 11.1 Å². The van der Waals surface area contributed by atoms with E-state index in [1.807, 2.05) is 43.4 Å². The lowest BCUT2D eigenvalue weighted by Crippen LogP contribution is -2.47. The molecular formula is C28H31N7. The average molecular weight is 466 g/mol. The predicted molar refractivity (Wildman–Crippen MR) is 144 cm³/mol. The summed E-state index contributed by atoms with van der Waals surface area (Å²) < 4.78 is 0. The average Bonchev–Trinajstić information content (AvgIpc) is 2.91. The van der Waals surface area contributed by atoms with Crippen LogP contribution in [-0.2, 0) is 6.42 Å². The molecule has 0 saturated carbocycles. The van der Waals surface area contributed by atoms with Crippen LogP contribution in [0.1, 0.15) is 11.1 Å². The fourth-order valence-corrected chi connectivity index (χ4v) is 4.22. The molecule has 0 atom stereocenters. The van der Waals surface area contributed by atoms with Gasteiger partial charge in [0.2, 0.25) is 5.95 Å². The Labute approximate surface area is 207 Å². The van der Waals surface area contributed by atoms with Gasteiger partial charge in [0.05, 0.1) is 0 Å². The molecule has 1 N–H and O–H groups in total. The number of nitrogens with zero attached hydrogens (tertiary/aromatic N) is 6. The second kappa shape index (κ2) is 10.4. The predicted octanol–water partition coefficient (Wildman–Crippen LogP) is 4.60. The highest BCUT2D eigenvalue weighted by Crippen LogP contribution is 2.24. The van der Waals surface area contributed by atoms with Crippen molar-refractivity contribution >= 4 is 29.1 Å². The van der Waals surface area contributed by atoms with Crippen molar-refractivity contribution in [3.63, 3.8) is 0 Å². The van der Waals surface area contributed by atoms with E-state index in [4.69, 9.17) is 9.97 Å². The quantitative estimate of drug-likeness (QED) is 0.428.